The molecule has 2 aromatic carbocycles. The molecule has 0 radical (unpaired) electrons. The second-order valence-corrected chi connectivity index (χ2v) is 10.8. The van der Waals surface area contributed by atoms with Crippen molar-refractivity contribution in [3.8, 4) is 5.75 Å². The molecule has 39 heavy (non-hydrogen) atoms. The van der Waals surface area contributed by atoms with Crippen LogP contribution in [0.25, 0.3) is 5.57 Å². The van der Waals surface area contributed by atoms with Crippen molar-refractivity contribution in [3.05, 3.63) is 81.9 Å². The number of carbonyl (C=O) groups is 2. The van der Waals surface area contributed by atoms with Crippen LogP contribution in [0.15, 0.2) is 60.2 Å². The predicted molar refractivity (Wildman–Crippen MR) is 145 cm³/mol. The number of fused-ring (bicyclic) bond motifs is 1. The van der Waals surface area contributed by atoms with Gasteiger partial charge in [0.05, 0.1) is 13.0 Å². The van der Waals surface area contributed by atoms with Gasteiger partial charge in [-0.15, -0.1) is 0 Å². The minimum absolute atomic E-state index is 0.0851. The average molecular weight is 557 g/mol. The first kappa shape index (κ1) is 27.3. The number of alkyl halides is 2. The molecule has 9 heteroatoms. The van der Waals surface area contributed by atoms with Crippen molar-refractivity contribution in [2.45, 2.75) is 56.1 Å². The van der Waals surface area contributed by atoms with E-state index in [1.807, 2.05) is 30.3 Å². The lowest BCUT2D eigenvalue weighted by Crippen LogP contribution is -2.47. The van der Waals surface area contributed by atoms with E-state index in [-0.39, 0.29) is 39.7 Å². The maximum atomic E-state index is 15.4. The van der Waals surface area contributed by atoms with Crippen molar-refractivity contribution in [1.82, 2.24) is 5.32 Å². The topological polar surface area (TPSA) is 90.6 Å². The zero-order valence-electron chi connectivity index (χ0n) is 21.6. The molecule has 3 aliphatic rings. The fourth-order valence-electron chi connectivity index (χ4n) is 5.98. The molecular formula is C30H31ClF2N2O4. The van der Waals surface area contributed by atoms with E-state index >= 15 is 4.39 Å². The Kier molecular flexibility index (Phi) is 7.78. The minimum Gasteiger partial charge on any atom is -0.481 e. The van der Waals surface area contributed by atoms with E-state index in [0.717, 1.165) is 37.3 Å². The van der Waals surface area contributed by atoms with Crippen LogP contribution in [0.5, 0.6) is 5.75 Å². The number of nitrogens with two attached hydrogens (primary N) is 1. The van der Waals surface area contributed by atoms with Crippen LogP contribution >= 0.6 is 11.6 Å². The Morgan fingerprint density at radius 1 is 1.13 bits per heavy atom. The average Bonchev–Trinajstić information content (AvgIpc) is 3.34. The number of allylic oxidation sites excluding steroid dienone is 2. The highest BCUT2D eigenvalue weighted by molar-refractivity contribution is 6.33. The van der Waals surface area contributed by atoms with Crippen molar-refractivity contribution >= 4 is 29.1 Å². The molecule has 2 unspecified atom stereocenters. The number of rotatable bonds is 7. The van der Waals surface area contributed by atoms with Crippen molar-refractivity contribution < 1.29 is 27.8 Å². The molecule has 6 nitrogen and oxygen atoms in total. The quantitative estimate of drug-likeness (QED) is 0.470. The molecule has 5 rings (SSSR count). The van der Waals surface area contributed by atoms with Gasteiger partial charge in [-0.1, -0.05) is 48.0 Å². The minimum atomic E-state index is -2.10. The molecule has 2 aliphatic carbocycles. The van der Waals surface area contributed by atoms with Crippen LogP contribution in [-0.4, -0.2) is 43.9 Å². The number of carbonyl (C=O) groups excluding carboxylic acids is 2. The number of ether oxygens (including phenoxy) is 2. The fourth-order valence-corrected chi connectivity index (χ4v) is 6.26. The third-order valence-electron chi connectivity index (χ3n) is 8.05. The number of halogens is 3. The van der Waals surface area contributed by atoms with Gasteiger partial charge in [-0.05, 0) is 49.5 Å². The third kappa shape index (κ3) is 5.20. The maximum Gasteiger partial charge on any atom is 0.308 e. The summed E-state index contributed by atoms with van der Waals surface area (Å²) in [5, 5.41) is 3.82. The number of amides is 1. The summed E-state index contributed by atoms with van der Waals surface area (Å²) in [6.07, 6.45) is 1.61. The first-order valence-corrected chi connectivity index (χ1v) is 13.5. The Morgan fingerprint density at radius 2 is 1.85 bits per heavy atom. The molecular weight excluding hydrogens is 526 g/mol. The zero-order valence-corrected chi connectivity index (χ0v) is 22.3. The van der Waals surface area contributed by atoms with Crippen molar-refractivity contribution in [2.24, 2.45) is 11.7 Å². The summed E-state index contributed by atoms with van der Waals surface area (Å²) in [4.78, 5) is 24.2. The summed E-state index contributed by atoms with van der Waals surface area (Å²) in [7, 11) is 1.41. The smallest absolute Gasteiger partial charge is 0.308 e. The van der Waals surface area contributed by atoms with Crippen molar-refractivity contribution in [2.75, 3.05) is 13.7 Å². The van der Waals surface area contributed by atoms with Gasteiger partial charge in [0.15, 0.2) is 17.9 Å². The van der Waals surface area contributed by atoms with Crippen LogP contribution < -0.4 is 15.8 Å². The lowest BCUT2D eigenvalue weighted by molar-refractivity contribution is -0.146. The van der Waals surface area contributed by atoms with Gasteiger partial charge in [0.2, 0.25) is 5.91 Å². The van der Waals surface area contributed by atoms with E-state index in [9.17, 15) is 14.0 Å². The molecule has 206 valence electrons. The molecule has 0 aromatic heterocycles. The Bertz CT molecular complexity index is 1320. The molecule has 3 N–H and O–H groups in total. The van der Waals surface area contributed by atoms with E-state index < -0.39 is 23.9 Å². The summed E-state index contributed by atoms with van der Waals surface area (Å²) in [5.74, 6) is -0.625. The second-order valence-electron chi connectivity index (χ2n) is 10.4. The number of hydrogen-bond acceptors (Lipinski definition) is 5. The number of esters is 1. The van der Waals surface area contributed by atoms with E-state index in [1.54, 1.807) is 12.1 Å². The first-order valence-electron chi connectivity index (χ1n) is 13.1. The van der Waals surface area contributed by atoms with Crippen LogP contribution in [0.1, 0.15) is 42.4 Å². The van der Waals surface area contributed by atoms with Gasteiger partial charge >= 0.3 is 5.97 Å². The van der Waals surface area contributed by atoms with E-state index in [2.05, 4.69) is 5.32 Å². The molecule has 1 heterocycles. The van der Waals surface area contributed by atoms with Gasteiger partial charge in [-0.3, -0.25) is 9.59 Å². The molecule has 3 atom stereocenters. The Labute approximate surface area is 231 Å². The van der Waals surface area contributed by atoms with E-state index in [1.165, 1.54) is 13.2 Å². The summed E-state index contributed by atoms with van der Waals surface area (Å²) in [6, 6.07) is 13.2. The highest BCUT2D eigenvalue weighted by Crippen LogP contribution is 2.49. The summed E-state index contributed by atoms with van der Waals surface area (Å²) < 4.78 is 41.4. The first-order chi connectivity index (χ1) is 18.7. The van der Waals surface area contributed by atoms with Crippen LogP contribution in [-0.2, 0) is 26.3 Å². The number of hydrogen-bond donors (Lipinski definition) is 2. The monoisotopic (exact) mass is 556 g/mol. The largest absolute Gasteiger partial charge is 0.481 e. The number of nitrogens with one attached hydrogen (secondary N) is 1. The molecule has 2 aromatic rings. The van der Waals surface area contributed by atoms with Gasteiger partial charge in [0.1, 0.15) is 5.75 Å². The van der Waals surface area contributed by atoms with Gasteiger partial charge in [0, 0.05) is 46.3 Å². The molecule has 1 aliphatic heterocycles. The Hall–Kier alpha value is -3.23. The summed E-state index contributed by atoms with van der Waals surface area (Å²) in [5.41, 5.74) is 6.20. The lowest BCUT2D eigenvalue weighted by Gasteiger charge is -2.34. The number of primary amides is 1. The SMILES string of the molecule is COC(=O)C1CCC(NC[C@@]2(c3ccccc3)Cc3c(ccc(Cl)c3C3=C(C(N)=O)C=CC(F)C3F)O2)CC1. The summed E-state index contributed by atoms with van der Waals surface area (Å²) in [6.45, 7) is 0.433. The van der Waals surface area contributed by atoms with Crippen molar-refractivity contribution in [3.63, 3.8) is 0 Å². The van der Waals surface area contributed by atoms with E-state index in [4.69, 9.17) is 26.8 Å². The van der Waals surface area contributed by atoms with Gasteiger partial charge < -0.3 is 20.5 Å². The second kappa shape index (κ2) is 11.1. The highest BCUT2D eigenvalue weighted by atomic mass is 35.5. The Morgan fingerprint density at radius 3 is 2.51 bits per heavy atom. The van der Waals surface area contributed by atoms with Gasteiger partial charge in [0.25, 0.3) is 0 Å². The predicted octanol–water partition coefficient (Wildman–Crippen LogP) is 4.98. The highest BCUT2D eigenvalue weighted by Gasteiger charge is 2.45. The van der Waals surface area contributed by atoms with Gasteiger partial charge in [-0.25, -0.2) is 8.78 Å². The normalized spacial score (nSPS) is 28.1. The zero-order chi connectivity index (χ0) is 27.7. The Balaban J connectivity index is 1.49. The number of benzene rings is 2. The lowest BCUT2D eigenvalue weighted by atomic mass is 9.82. The maximum absolute atomic E-state index is 15.4. The van der Waals surface area contributed by atoms with Crippen LogP contribution in [0.3, 0.4) is 0 Å². The molecule has 1 fully saturated rings. The third-order valence-corrected chi connectivity index (χ3v) is 8.37. The van der Waals surface area contributed by atoms with Crippen LogP contribution in [0, 0.1) is 5.92 Å². The van der Waals surface area contributed by atoms with Crippen molar-refractivity contribution in [1.29, 1.82) is 0 Å². The van der Waals surface area contributed by atoms with Crippen LogP contribution in [0.4, 0.5) is 8.78 Å². The standard InChI is InChI=1S/C30H31ClF2N2O4/c1-38-29(37)17-7-9-19(10-8-17)35-16-30(18-5-3-2-4-6-18)15-21-24(39-30)14-12-22(31)25(21)26-20(28(34)36)11-13-23(32)27(26)33/h2-6,11-14,17,19,23,27,35H,7-10,15-16H2,1H3,(H2,34,36)/t17?,19?,23?,27?,30-/m1/s1. The summed E-state index contributed by atoms with van der Waals surface area (Å²) >= 11 is 6.60. The van der Waals surface area contributed by atoms with E-state index in [0.29, 0.717) is 24.3 Å². The molecule has 0 bridgehead atoms. The molecule has 1 amide bonds. The van der Waals surface area contributed by atoms with Crippen LogP contribution in [0.2, 0.25) is 5.02 Å². The van der Waals surface area contributed by atoms with Gasteiger partial charge in [-0.2, -0.15) is 0 Å². The molecule has 0 saturated heterocycles. The fraction of sp³-hybridized carbons (Fsp3) is 0.400. The molecule has 0 spiro atoms. The molecule has 1 saturated carbocycles. The number of methoxy groups -OCH3 is 1.